The maximum Gasteiger partial charge on any atom is 0.341 e. The van der Waals surface area contributed by atoms with E-state index in [4.69, 9.17) is 4.74 Å². The van der Waals surface area contributed by atoms with Gasteiger partial charge in [-0.25, -0.2) is 9.18 Å². The summed E-state index contributed by atoms with van der Waals surface area (Å²) in [6.07, 6.45) is 2.90. The van der Waals surface area contributed by atoms with Crippen LogP contribution in [0.2, 0.25) is 0 Å². The average Bonchev–Trinajstić information content (AvgIpc) is 2.90. The van der Waals surface area contributed by atoms with E-state index in [1.165, 1.54) is 20.3 Å². The summed E-state index contributed by atoms with van der Waals surface area (Å²) in [7, 11) is 2.61. The van der Waals surface area contributed by atoms with E-state index >= 15 is 0 Å². The normalized spacial score (nSPS) is 18.4. The van der Waals surface area contributed by atoms with E-state index in [9.17, 15) is 9.18 Å². The fraction of sp³-hybridized carbons (Fsp3) is 0.500. The lowest BCUT2D eigenvalue weighted by Crippen LogP contribution is -2.23. The standard InChI is InChI=1S/C14H18FNO3/c1-18-13-11(14(17)19-2)7-9(8-12(13)15)6-10-4-3-5-16-10/h7-8,10,16H,3-6H2,1-2H3. The molecule has 1 aliphatic heterocycles. The molecule has 0 bridgehead atoms. The molecule has 0 spiro atoms. The number of nitrogens with one attached hydrogen (secondary N) is 1. The number of esters is 1. The fourth-order valence-electron chi connectivity index (χ4n) is 2.45. The van der Waals surface area contributed by atoms with Crippen molar-refractivity contribution in [1.29, 1.82) is 0 Å². The summed E-state index contributed by atoms with van der Waals surface area (Å²) in [6, 6.07) is 3.41. The third-order valence-electron chi connectivity index (χ3n) is 3.36. The first-order valence-corrected chi connectivity index (χ1v) is 6.33. The van der Waals surface area contributed by atoms with E-state index in [1.807, 2.05) is 0 Å². The van der Waals surface area contributed by atoms with Crippen LogP contribution >= 0.6 is 0 Å². The topological polar surface area (TPSA) is 47.6 Å². The highest BCUT2D eigenvalue weighted by Crippen LogP contribution is 2.26. The van der Waals surface area contributed by atoms with Gasteiger partial charge in [0.1, 0.15) is 5.56 Å². The lowest BCUT2D eigenvalue weighted by Gasteiger charge is -2.13. The highest BCUT2D eigenvalue weighted by atomic mass is 19.1. The van der Waals surface area contributed by atoms with Gasteiger partial charge in [-0.2, -0.15) is 0 Å². The molecule has 1 aromatic carbocycles. The van der Waals surface area contributed by atoms with Gasteiger partial charge in [0.2, 0.25) is 0 Å². The second-order valence-electron chi connectivity index (χ2n) is 4.65. The van der Waals surface area contributed by atoms with Crippen molar-refractivity contribution in [2.75, 3.05) is 20.8 Å². The number of rotatable bonds is 4. The number of hydrogen-bond donors (Lipinski definition) is 1. The highest BCUT2D eigenvalue weighted by molar-refractivity contribution is 5.92. The van der Waals surface area contributed by atoms with Gasteiger partial charge >= 0.3 is 5.97 Å². The number of carbonyl (C=O) groups excluding carboxylic acids is 1. The second-order valence-corrected chi connectivity index (χ2v) is 4.65. The van der Waals surface area contributed by atoms with Crippen molar-refractivity contribution in [2.24, 2.45) is 0 Å². The molecule has 4 nitrogen and oxygen atoms in total. The van der Waals surface area contributed by atoms with Crippen LogP contribution in [0, 0.1) is 5.82 Å². The summed E-state index contributed by atoms with van der Waals surface area (Å²) in [5, 5.41) is 3.35. The van der Waals surface area contributed by atoms with Gasteiger partial charge in [0.25, 0.3) is 0 Å². The zero-order valence-corrected chi connectivity index (χ0v) is 11.2. The predicted molar refractivity (Wildman–Crippen MR) is 69.0 cm³/mol. The summed E-state index contributed by atoms with van der Waals surface area (Å²) in [6.45, 7) is 0.993. The lowest BCUT2D eigenvalue weighted by molar-refractivity contribution is 0.0596. The Balaban J connectivity index is 2.29. The number of methoxy groups -OCH3 is 2. The minimum Gasteiger partial charge on any atom is -0.493 e. The average molecular weight is 267 g/mol. The molecule has 0 radical (unpaired) electrons. The zero-order chi connectivity index (χ0) is 13.8. The smallest absolute Gasteiger partial charge is 0.341 e. The Morgan fingerprint density at radius 3 is 2.84 bits per heavy atom. The molecule has 5 heteroatoms. The van der Waals surface area contributed by atoms with Crippen molar-refractivity contribution in [3.8, 4) is 5.75 Å². The van der Waals surface area contributed by atoms with Gasteiger partial charge in [-0.05, 0) is 43.5 Å². The second kappa shape index (κ2) is 6.02. The van der Waals surface area contributed by atoms with Crippen molar-refractivity contribution in [3.63, 3.8) is 0 Å². The number of benzene rings is 1. The molecule has 19 heavy (non-hydrogen) atoms. The van der Waals surface area contributed by atoms with Gasteiger partial charge in [0, 0.05) is 6.04 Å². The van der Waals surface area contributed by atoms with Crippen LogP contribution < -0.4 is 10.1 Å². The van der Waals surface area contributed by atoms with Crippen molar-refractivity contribution in [3.05, 3.63) is 29.1 Å². The van der Waals surface area contributed by atoms with Gasteiger partial charge in [0.05, 0.1) is 14.2 Å². The Kier molecular flexibility index (Phi) is 4.37. The van der Waals surface area contributed by atoms with E-state index in [1.54, 1.807) is 6.07 Å². The Morgan fingerprint density at radius 2 is 2.26 bits per heavy atom. The predicted octanol–water partition coefficient (Wildman–Crippen LogP) is 1.92. The summed E-state index contributed by atoms with van der Waals surface area (Å²) in [4.78, 5) is 11.7. The summed E-state index contributed by atoms with van der Waals surface area (Å²) < 4.78 is 23.5. The molecule has 1 heterocycles. The molecule has 0 amide bonds. The number of carbonyl (C=O) groups is 1. The highest BCUT2D eigenvalue weighted by Gasteiger charge is 2.21. The van der Waals surface area contributed by atoms with Crippen molar-refractivity contribution < 1.29 is 18.7 Å². The molecule has 1 N–H and O–H groups in total. The maximum atomic E-state index is 13.9. The van der Waals surface area contributed by atoms with Crippen LogP contribution in [0.15, 0.2) is 12.1 Å². The largest absolute Gasteiger partial charge is 0.493 e. The maximum absolute atomic E-state index is 13.9. The Bertz CT molecular complexity index is 470. The van der Waals surface area contributed by atoms with Crippen molar-refractivity contribution in [1.82, 2.24) is 5.32 Å². The van der Waals surface area contributed by atoms with E-state index in [-0.39, 0.29) is 11.3 Å². The van der Waals surface area contributed by atoms with Crippen LogP contribution in [0.25, 0.3) is 0 Å². The Labute approximate surface area is 111 Å². The third kappa shape index (κ3) is 3.04. The van der Waals surface area contributed by atoms with Crippen LogP contribution in [0.3, 0.4) is 0 Å². The molecule has 0 aliphatic carbocycles. The van der Waals surface area contributed by atoms with Crippen LogP contribution in [-0.2, 0) is 11.2 Å². The molecule has 0 aromatic heterocycles. The SMILES string of the molecule is COC(=O)c1cc(CC2CCCN2)cc(F)c1OC. The van der Waals surface area contributed by atoms with Gasteiger partial charge in [-0.15, -0.1) is 0 Å². The Hall–Kier alpha value is -1.62. The van der Waals surface area contributed by atoms with Gasteiger partial charge in [0.15, 0.2) is 11.6 Å². The Morgan fingerprint density at radius 1 is 1.47 bits per heavy atom. The van der Waals surface area contributed by atoms with Gasteiger partial charge in [-0.3, -0.25) is 0 Å². The van der Waals surface area contributed by atoms with Crippen LogP contribution in [-0.4, -0.2) is 32.8 Å². The molecule has 1 aromatic rings. The van der Waals surface area contributed by atoms with E-state index < -0.39 is 11.8 Å². The van der Waals surface area contributed by atoms with E-state index in [0.717, 1.165) is 24.9 Å². The molecule has 104 valence electrons. The summed E-state index contributed by atoms with van der Waals surface area (Å²) in [5.74, 6) is -1.18. The molecule has 1 saturated heterocycles. The molecular formula is C14H18FNO3. The fourth-order valence-corrected chi connectivity index (χ4v) is 2.45. The van der Waals surface area contributed by atoms with Gasteiger partial charge < -0.3 is 14.8 Å². The molecule has 1 aliphatic rings. The zero-order valence-electron chi connectivity index (χ0n) is 11.2. The first-order valence-electron chi connectivity index (χ1n) is 6.33. The first-order chi connectivity index (χ1) is 9.15. The third-order valence-corrected chi connectivity index (χ3v) is 3.36. The molecule has 0 saturated carbocycles. The van der Waals surface area contributed by atoms with Crippen LogP contribution in [0.4, 0.5) is 4.39 Å². The van der Waals surface area contributed by atoms with Crippen molar-refractivity contribution >= 4 is 5.97 Å². The summed E-state index contributed by atoms with van der Waals surface area (Å²) in [5.41, 5.74) is 0.913. The lowest BCUT2D eigenvalue weighted by atomic mass is 10.0. The van der Waals surface area contributed by atoms with Crippen molar-refractivity contribution in [2.45, 2.75) is 25.3 Å². The minimum atomic E-state index is -0.586. The number of hydrogen-bond acceptors (Lipinski definition) is 4. The minimum absolute atomic E-state index is 0.0602. The molecular weight excluding hydrogens is 249 g/mol. The molecule has 1 unspecified atom stereocenters. The first kappa shape index (κ1) is 13.8. The van der Waals surface area contributed by atoms with E-state index in [2.05, 4.69) is 10.1 Å². The number of halogens is 1. The number of ether oxygens (including phenoxy) is 2. The monoisotopic (exact) mass is 267 g/mol. The molecule has 1 atom stereocenters. The molecule has 1 fully saturated rings. The van der Waals surface area contributed by atoms with Crippen LogP contribution in [0.1, 0.15) is 28.8 Å². The molecule has 2 rings (SSSR count). The summed E-state index contributed by atoms with van der Waals surface area (Å²) >= 11 is 0. The van der Waals surface area contributed by atoms with Gasteiger partial charge in [-0.1, -0.05) is 0 Å². The van der Waals surface area contributed by atoms with Crippen LogP contribution in [0.5, 0.6) is 5.75 Å². The quantitative estimate of drug-likeness (QED) is 0.847. The van der Waals surface area contributed by atoms with E-state index in [0.29, 0.717) is 12.5 Å².